The number of hydrogen-bond donors (Lipinski definition) is 0. The number of esters is 1. The molecule has 0 N–H and O–H groups in total. The minimum Gasteiger partial charge on any atom is -0.466 e. The molecule has 0 aromatic heterocycles. The molecule has 2 nitrogen and oxygen atoms in total. The SMILES string of the molecule is CCC(Cl)(Cl)Cl.CCOC(C)=O. The van der Waals surface area contributed by atoms with E-state index >= 15 is 0 Å². The highest BCUT2D eigenvalue weighted by Gasteiger charge is 2.14. The summed E-state index contributed by atoms with van der Waals surface area (Å²) in [4.78, 5) is 9.82. The molecule has 0 radical (unpaired) electrons. The van der Waals surface area contributed by atoms with Crippen LogP contribution in [0.4, 0.5) is 0 Å². The predicted octanol–water partition coefficient (Wildman–Crippen LogP) is 3.34. The summed E-state index contributed by atoms with van der Waals surface area (Å²) in [6.45, 7) is 5.47. The van der Waals surface area contributed by atoms with Gasteiger partial charge in [-0.05, 0) is 13.3 Å². The van der Waals surface area contributed by atoms with Crippen LogP contribution in [0.25, 0.3) is 0 Å². The zero-order chi connectivity index (χ0) is 10.2. The van der Waals surface area contributed by atoms with Crippen molar-refractivity contribution in [1.82, 2.24) is 0 Å². The second-order valence-electron chi connectivity index (χ2n) is 1.89. The summed E-state index contributed by atoms with van der Waals surface area (Å²) in [7, 11) is 0. The molecule has 0 fully saturated rings. The van der Waals surface area contributed by atoms with Crippen molar-refractivity contribution in [3.05, 3.63) is 0 Å². The minimum absolute atomic E-state index is 0.211. The first-order valence-corrected chi connectivity index (χ1v) is 4.67. The Hall–Kier alpha value is 0.340. The fourth-order valence-electron chi connectivity index (χ4n) is 0.203. The number of carbonyl (C=O) groups is 1. The Morgan fingerprint density at radius 2 is 1.67 bits per heavy atom. The Labute approximate surface area is 88.1 Å². The smallest absolute Gasteiger partial charge is 0.302 e. The molecule has 0 rings (SSSR count). The summed E-state index contributed by atoms with van der Waals surface area (Å²) in [5.74, 6) is -0.211. The van der Waals surface area contributed by atoms with E-state index in [1.807, 2.05) is 6.92 Å². The van der Waals surface area contributed by atoms with E-state index in [4.69, 9.17) is 34.8 Å². The van der Waals surface area contributed by atoms with Gasteiger partial charge >= 0.3 is 5.97 Å². The largest absolute Gasteiger partial charge is 0.466 e. The van der Waals surface area contributed by atoms with E-state index in [1.165, 1.54) is 6.92 Å². The molecule has 0 aliphatic rings. The third kappa shape index (κ3) is 22.4. The van der Waals surface area contributed by atoms with Crippen LogP contribution in [0.2, 0.25) is 0 Å². The summed E-state index contributed by atoms with van der Waals surface area (Å²) in [5.41, 5.74) is 0. The number of carbonyl (C=O) groups excluding carboxylic acids is 1. The minimum atomic E-state index is -1.04. The highest BCUT2D eigenvalue weighted by atomic mass is 35.6. The quantitative estimate of drug-likeness (QED) is 0.515. The molecule has 0 aliphatic carbocycles. The third-order valence-electron chi connectivity index (χ3n) is 0.748. The van der Waals surface area contributed by atoms with Crippen molar-refractivity contribution in [2.75, 3.05) is 6.61 Å². The molecule has 12 heavy (non-hydrogen) atoms. The lowest BCUT2D eigenvalue weighted by Crippen LogP contribution is -1.95. The van der Waals surface area contributed by atoms with Gasteiger partial charge in [0.2, 0.25) is 0 Å². The van der Waals surface area contributed by atoms with Crippen molar-refractivity contribution in [1.29, 1.82) is 0 Å². The molecular weight excluding hydrogens is 222 g/mol. The van der Waals surface area contributed by atoms with Gasteiger partial charge in [-0.25, -0.2) is 0 Å². The molecule has 0 aliphatic heterocycles. The van der Waals surface area contributed by atoms with Crippen LogP contribution in [0.15, 0.2) is 0 Å². The van der Waals surface area contributed by atoms with E-state index in [-0.39, 0.29) is 5.97 Å². The van der Waals surface area contributed by atoms with Gasteiger partial charge in [0, 0.05) is 6.92 Å². The van der Waals surface area contributed by atoms with Crippen LogP contribution in [0.5, 0.6) is 0 Å². The van der Waals surface area contributed by atoms with Crippen molar-refractivity contribution in [3.8, 4) is 0 Å². The summed E-state index contributed by atoms with van der Waals surface area (Å²) >= 11 is 15.7. The Morgan fingerprint density at radius 3 is 1.67 bits per heavy atom. The van der Waals surface area contributed by atoms with Crippen LogP contribution in [0, 0.1) is 0 Å². The number of rotatable bonds is 1. The molecule has 0 heterocycles. The molecule has 0 aromatic carbocycles. The predicted molar refractivity (Wildman–Crippen MR) is 52.9 cm³/mol. The lowest BCUT2D eigenvalue weighted by Gasteiger charge is -2.02. The summed E-state index contributed by atoms with van der Waals surface area (Å²) in [6, 6.07) is 0. The van der Waals surface area contributed by atoms with Gasteiger partial charge in [-0.1, -0.05) is 41.7 Å². The zero-order valence-corrected chi connectivity index (χ0v) is 9.63. The molecule has 0 aromatic rings. The van der Waals surface area contributed by atoms with Gasteiger partial charge in [-0.15, -0.1) is 0 Å². The molecule has 0 amide bonds. The van der Waals surface area contributed by atoms with Gasteiger partial charge in [-0.3, -0.25) is 4.79 Å². The van der Waals surface area contributed by atoms with Crippen LogP contribution < -0.4 is 0 Å². The Morgan fingerprint density at radius 1 is 1.33 bits per heavy atom. The Balaban J connectivity index is 0. The van der Waals surface area contributed by atoms with Crippen LogP contribution in [-0.4, -0.2) is 16.4 Å². The number of ether oxygens (including phenoxy) is 1. The fraction of sp³-hybridized carbons (Fsp3) is 0.857. The summed E-state index contributed by atoms with van der Waals surface area (Å²) in [5, 5.41) is 0. The van der Waals surface area contributed by atoms with Gasteiger partial charge in [0.25, 0.3) is 0 Å². The Kier molecular flexibility index (Phi) is 9.85. The number of hydrogen-bond acceptors (Lipinski definition) is 2. The first-order valence-electron chi connectivity index (χ1n) is 3.53. The second kappa shape index (κ2) is 7.96. The molecule has 0 saturated heterocycles. The van der Waals surface area contributed by atoms with Crippen molar-refractivity contribution in [2.45, 2.75) is 31.0 Å². The van der Waals surface area contributed by atoms with Crippen LogP contribution in [0.1, 0.15) is 27.2 Å². The summed E-state index contributed by atoms with van der Waals surface area (Å²) in [6.07, 6.45) is 0.567. The van der Waals surface area contributed by atoms with Gasteiger partial charge in [0.15, 0.2) is 3.79 Å². The van der Waals surface area contributed by atoms with E-state index in [1.54, 1.807) is 6.92 Å². The lowest BCUT2D eigenvalue weighted by atomic mass is 10.6. The van der Waals surface area contributed by atoms with Crippen molar-refractivity contribution < 1.29 is 9.53 Å². The van der Waals surface area contributed by atoms with Crippen molar-refractivity contribution in [2.24, 2.45) is 0 Å². The Bertz CT molecular complexity index is 120. The van der Waals surface area contributed by atoms with E-state index in [0.29, 0.717) is 13.0 Å². The molecule has 0 unspecified atom stereocenters. The highest BCUT2D eigenvalue weighted by molar-refractivity contribution is 6.67. The molecule has 0 bridgehead atoms. The molecule has 0 atom stereocenters. The maximum Gasteiger partial charge on any atom is 0.302 e. The van der Waals surface area contributed by atoms with Crippen LogP contribution >= 0.6 is 34.8 Å². The normalized spacial score (nSPS) is 9.83. The van der Waals surface area contributed by atoms with Gasteiger partial charge in [-0.2, -0.15) is 0 Å². The fourth-order valence-corrected chi connectivity index (χ4v) is 0.203. The van der Waals surface area contributed by atoms with E-state index in [2.05, 4.69) is 4.74 Å². The average molecular weight is 236 g/mol. The van der Waals surface area contributed by atoms with Gasteiger partial charge in [0.05, 0.1) is 6.61 Å². The van der Waals surface area contributed by atoms with Crippen molar-refractivity contribution >= 4 is 40.8 Å². The van der Waals surface area contributed by atoms with Crippen molar-refractivity contribution in [3.63, 3.8) is 0 Å². The zero-order valence-electron chi connectivity index (χ0n) is 7.36. The first-order chi connectivity index (χ1) is 5.33. The third-order valence-corrected chi connectivity index (χ3v) is 1.55. The average Bonchev–Trinajstić information content (AvgIpc) is 1.87. The molecule has 74 valence electrons. The second-order valence-corrected chi connectivity index (χ2v) is 4.41. The molecule has 5 heteroatoms. The molecule has 0 spiro atoms. The van der Waals surface area contributed by atoms with Crippen LogP contribution in [-0.2, 0) is 9.53 Å². The first kappa shape index (κ1) is 14.8. The topological polar surface area (TPSA) is 26.3 Å². The van der Waals surface area contributed by atoms with Gasteiger partial charge in [0.1, 0.15) is 0 Å². The van der Waals surface area contributed by atoms with E-state index in [9.17, 15) is 4.79 Å². The maximum absolute atomic E-state index is 9.82. The standard InChI is InChI=1S/C4H8O2.C3H5Cl3/c1-3-6-4(2)5;1-2-3(4,5)6/h3H2,1-2H3;2H2,1H3. The summed E-state index contributed by atoms with van der Waals surface area (Å²) < 4.78 is 3.36. The van der Waals surface area contributed by atoms with E-state index < -0.39 is 3.79 Å². The van der Waals surface area contributed by atoms with Gasteiger partial charge < -0.3 is 4.74 Å². The molecule has 0 saturated carbocycles. The molecular formula is C7H13Cl3O2. The maximum atomic E-state index is 9.82. The van der Waals surface area contributed by atoms with E-state index in [0.717, 1.165) is 0 Å². The lowest BCUT2D eigenvalue weighted by molar-refractivity contribution is -0.140. The number of halogens is 3. The monoisotopic (exact) mass is 234 g/mol. The highest BCUT2D eigenvalue weighted by Crippen LogP contribution is 2.28. The van der Waals surface area contributed by atoms with Crippen LogP contribution in [0.3, 0.4) is 0 Å². The number of alkyl halides is 3.